The van der Waals surface area contributed by atoms with Gasteiger partial charge in [-0.15, -0.1) is 0 Å². The number of halogens is 1. The number of carbonyl (C=O) groups excluding carboxylic acids is 2. The standard InChI is InChI=1S/C10H12ClN5O3/c1-3-5-7(18)12-6(17)4-16(5)9-13-8(11)14-10(15-9)19-2/h5H,3-4H2,1-2H3,(H,12,17,18). The number of amides is 2. The fourth-order valence-electron chi connectivity index (χ4n) is 1.82. The van der Waals surface area contributed by atoms with Gasteiger partial charge in [-0.1, -0.05) is 6.92 Å². The van der Waals surface area contributed by atoms with Gasteiger partial charge in [0.15, 0.2) is 0 Å². The molecule has 0 bridgehead atoms. The van der Waals surface area contributed by atoms with Crippen molar-refractivity contribution in [2.45, 2.75) is 19.4 Å². The molecule has 8 nitrogen and oxygen atoms in total. The number of nitrogens with zero attached hydrogens (tertiary/aromatic N) is 4. The van der Waals surface area contributed by atoms with Crippen LogP contribution in [0.25, 0.3) is 0 Å². The van der Waals surface area contributed by atoms with Crippen LogP contribution in [-0.4, -0.2) is 46.5 Å². The first-order valence-electron chi connectivity index (χ1n) is 5.61. The molecule has 0 saturated carbocycles. The second-order valence-corrected chi connectivity index (χ2v) is 4.19. The molecule has 1 aliphatic heterocycles. The van der Waals surface area contributed by atoms with Crippen LogP contribution >= 0.6 is 11.6 Å². The number of anilines is 1. The monoisotopic (exact) mass is 285 g/mol. The minimum absolute atomic E-state index is 0.0201. The van der Waals surface area contributed by atoms with Gasteiger partial charge in [0.25, 0.3) is 0 Å². The summed E-state index contributed by atoms with van der Waals surface area (Å²) in [4.78, 5) is 36.4. The molecular weight excluding hydrogens is 274 g/mol. The van der Waals surface area contributed by atoms with E-state index in [0.29, 0.717) is 6.42 Å². The summed E-state index contributed by atoms with van der Waals surface area (Å²) in [5.74, 6) is -0.647. The third kappa shape index (κ3) is 2.73. The van der Waals surface area contributed by atoms with E-state index in [9.17, 15) is 9.59 Å². The second kappa shape index (κ2) is 5.35. The highest BCUT2D eigenvalue weighted by molar-refractivity contribution is 6.28. The van der Waals surface area contributed by atoms with Gasteiger partial charge in [0.05, 0.1) is 7.11 Å². The maximum absolute atomic E-state index is 11.7. The number of methoxy groups -OCH3 is 1. The fraction of sp³-hybridized carbons (Fsp3) is 0.500. The van der Waals surface area contributed by atoms with Crippen molar-refractivity contribution in [3.63, 3.8) is 0 Å². The van der Waals surface area contributed by atoms with Gasteiger partial charge in [-0.3, -0.25) is 14.9 Å². The van der Waals surface area contributed by atoms with Crippen molar-refractivity contribution < 1.29 is 14.3 Å². The number of hydrogen-bond donors (Lipinski definition) is 1. The highest BCUT2D eigenvalue weighted by Gasteiger charge is 2.34. The third-order valence-corrected chi connectivity index (χ3v) is 2.83. The summed E-state index contributed by atoms with van der Waals surface area (Å²) < 4.78 is 4.89. The molecule has 2 heterocycles. The summed E-state index contributed by atoms with van der Waals surface area (Å²) in [5.41, 5.74) is 0. The summed E-state index contributed by atoms with van der Waals surface area (Å²) in [6.07, 6.45) is 0.505. The van der Waals surface area contributed by atoms with Crippen LogP contribution in [-0.2, 0) is 9.59 Å². The Hall–Kier alpha value is -1.96. The van der Waals surface area contributed by atoms with Gasteiger partial charge >= 0.3 is 6.01 Å². The Morgan fingerprint density at radius 1 is 1.42 bits per heavy atom. The maximum atomic E-state index is 11.7. The molecule has 1 aliphatic rings. The van der Waals surface area contributed by atoms with Crippen molar-refractivity contribution in [2.24, 2.45) is 0 Å². The normalized spacial score (nSPS) is 19.3. The first kappa shape index (κ1) is 13.5. The molecule has 1 aromatic rings. The molecule has 1 unspecified atom stereocenters. The molecule has 1 fully saturated rings. The SMILES string of the molecule is CCC1C(=O)NC(=O)CN1c1nc(Cl)nc(OC)n1. The zero-order chi connectivity index (χ0) is 14.0. The van der Waals surface area contributed by atoms with Crippen LogP contribution in [0.15, 0.2) is 0 Å². The van der Waals surface area contributed by atoms with Crippen molar-refractivity contribution in [2.75, 3.05) is 18.6 Å². The number of hydrogen-bond acceptors (Lipinski definition) is 7. The van der Waals surface area contributed by atoms with Crippen molar-refractivity contribution in [1.82, 2.24) is 20.3 Å². The molecule has 2 rings (SSSR count). The molecule has 0 aliphatic carbocycles. The molecule has 0 spiro atoms. The number of imide groups is 1. The molecular formula is C10H12ClN5O3. The van der Waals surface area contributed by atoms with Crippen molar-refractivity contribution in [1.29, 1.82) is 0 Å². The Labute approximate surface area is 114 Å². The number of ether oxygens (including phenoxy) is 1. The van der Waals surface area contributed by atoms with E-state index >= 15 is 0 Å². The Bertz CT molecular complexity index is 524. The van der Waals surface area contributed by atoms with Crippen LogP contribution in [0.1, 0.15) is 13.3 Å². The predicted molar refractivity (Wildman–Crippen MR) is 66.0 cm³/mol. The summed E-state index contributed by atoms with van der Waals surface area (Å²) >= 11 is 5.76. The van der Waals surface area contributed by atoms with E-state index in [2.05, 4.69) is 20.3 Å². The first-order chi connectivity index (χ1) is 9.05. The van der Waals surface area contributed by atoms with E-state index in [1.165, 1.54) is 12.0 Å². The van der Waals surface area contributed by atoms with Crippen LogP contribution in [0.4, 0.5) is 5.95 Å². The van der Waals surface area contributed by atoms with Crippen molar-refractivity contribution in [3.8, 4) is 6.01 Å². The van der Waals surface area contributed by atoms with Gasteiger partial charge in [-0.05, 0) is 18.0 Å². The van der Waals surface area contributed by atoms with E-state index < -0.39 is 11.9 Å². The summed E-state index contributed by atoms with van der Waals surface area (Å²) in [5, 5.41) is 2.21. The lowest BCUT2D eigenvalue weighted by Crippen LogP contribution is -2.58. The lowest BCUT2D eigenvalue weighted by Gasteiger charge is -2.33. The number of carbonyl (C=O) groups is 2. The van der Waals surface area contributed by atoms with E-state index in [1.54, 1.807) is 0 Å². The van der Waals surface area contributed by atoms with E-state index in [-0.39, 0.29) is 29.7 Å². The Morgan fingerprint density at radius 3 is 2.79 bits per heavy atom. The quantitative estimate of drug-likeness (QED) is 0.766. The second-order valence-electron chi connectivity index (χ2n) is 3.86. The summed E-state index contributed by atoms with van der Waals surface area (Å²) in [6, 6.07) is -0.496. The van der Waals surface area contributed by atoms with E-state index in [0.717, 1.165) is 0 Å². The molecule has 1 N–H and O–H groups in total. The Kier molecular flexibility index (Phi) is 3.79. The van der Waals surface area contributed by atoms with Gasteiger partial charge < -0.3 is 9.64 Å². The average Bonchev–Trinajstić information content (AvgIpc) is 2.37. The summed E-state index contributed by atoms with van der Waals surface area (Å²) in [7, 11) is 1.39. The largest absolute Gasteiger partial charge is 0.467 e. The molecule has 19 heavy (non-hydrogen) atoms. The minimum atomic E-state index is -0.527. The smallest absolute Gasteiger partial charge is 0.322 e. The topological polar surface area (TPSA) is 97.3 Å². The predicted octanol–water partition coefficient (Wildman–Crippen LogP) is -0.225. The summed E-state index contributed by atoms with van der Waals surface area (Å²) in [6.45, 7) is 1.81. The maximum Gasteiger partial charge on any atom is 0.322 e. The van der Waals surface area contributed by atoms with Crippen LogP contribution in [0.5, 0.6) is 6.01 Å². The molecule has 0 radical (unpaired) electrons. The average molecular weight is 286 g/mol. The molecule has 1 saturated heterocycles. The lowest BCUT2D eigenvalue weighted by molar-refractivity contribution is -0.133. The molecule has 1 aromatic heterocycles. The van der Waals surface area contributed by atoms with E-state index in [4.69, 9.17) is 16.3 Å². The van der Waals surface area contributed by atoms with Gasteiger partial charge in [-0.25, -0.2) is 0 Å². The first-order valence-corrected chi connectivity index (χ1v) is 5.98. The molecule has 2 amide bonds. The van der Waals surface area contributed by atoms with Gasteiger partial charge in [0, 0.05) is 0 Å². The molecule has 1 atom stereocenters. The molecule has 9 heteroatoms. The molecule has 0 aromatic carbocycles. The number of aromatic nitrogens is 3. The highest BCUT2D eigenvalue weighted by Crippen LogP contribution is 2.20. The zero-order valence-electron chi connectivity index (χ0n) is 10.4. The van der Waals surface area contributed by atoms with Gasteiger partial charge in [0.1, 0.15) is 12.6 Å². The Morgan fingerprint density at radius 2 is 2.16 bits per heavy atom. The van der Waals surface area contributed by atoms with Crippen LogP contribution in [0.3, 0.4) is 0 Å². The van der Waals surface area contributed by atoms with Crippen LogP contribution in [0, 0.1) is 0 Å². The lowest BCUT2D eigenvalue weighted by atomic mass is 10.1. The minimum Gasteiger partial charge on any atom is -0.467 e. The fourth-order valence-corrected chi connectivity index (χ4v) is 1.97. The van der Waals surface area contributed by atoms with E-state index in [1.807, 2.05) is 6.92 Å². The third-order valence-electron chi connectivity index (χ3n) is 2.66. The Balaban J connectivity index is 2.39. The van der Waals surface area contributed by atoms with Gasteiger partial charge in [-0.2, -0.15) is 15.0 Å². The number of nitrogens with one attached hydrogen (secondary N) is 1. The van der Waals surface area contributed by atoms with Crippen LogP contribution < -0.4 is 15.0 Å². The van der Waals surface area contributed by atoms with Crippen LogP contribution in [0.2, 0.25) is 5.28 Å². The zero-order valence-corrected chi connectivity index (χ0v) is 11.1. The number of piperazine rings is 1. The van der Waals surface area contributed by atoms with Crippen molar-refractivity contribution >= 4 is 29.4 Å². The van der Waals surface area contributed by atoms with Gasteiger partial charge in [0.2, 0.25) is 23.0 Å². The highest BCUT2D eigenvalue weighted by atomic mass is 35.5. The molecule has 102 valence electrons. The van der Waals surface area contributed by atoms with Crippen molar-refractivity contribution in [3.05, 3.63) is 5.28 Å². The number of rotatable bonds is 3.